The van der Waals surface area contributed by atoms with Crippen LogP contribution in [-0.4, -0.2) is 15.6 Å². The summed E-state index contributed by atoms with van der Waals surface area (Å²) < 4.78 is 2.20. The quantitative estimate of drug-likeness (QED) is 0.853. The lowest BCUT2D eigenvalue weighted by molar-refractivity contribution is 0.411. The van der Waals surface area contributed by atoms with Crippen LogP contribution in [0.3, 0.4) is 0 Å². The zero-order valence-electron chi connectivity index (χ0n) is 11.6. The molecule has 2 aromatic rings. The average molecular weight is 255 g/mol. The number of nitrogens with zero attached hydrogens (tertiary/aromatic N) is 2. The zero-order chi connectivity index (χ0) is 13.2. The van der Waals surface area contributed by atoms with Crippen LogP contribution in [-0.2, 0) is 7.05 Å². The van der Waals surface area contributed by atoms with Crippen LogP contribution in [0.4, 0.5) is 0 Å². The Bertz CT molecular complexity index is 597. The van der Waals surface area contributed by atoms with Crippen LogP contribution in [0, 0.1) is 0 Å². The van der Waals surface area contributed by atoms with E-state index in [1.165, 1.54) is 18.4 Å². The summed E-state index contributed by atoms with van der Waals surface area (Å²) >= 11 is 0. The molecule has 1 aromatic heterocycles. The van der Waals surface area contributed by atoms with Crippen LogP contribution in [0.2, 0.25) is 0 Å². The van der Waals surface area contributed by atoms with Gasteiger partial charge >= 0.3 is 0 Å². The van der Waals surface area contributed by atoms with Crippen molar-refractivity contribution in [3.63, 3.8) is 0 Å². The van der Waals surface area contributed by atoms with Crippen molar-refractivity contribution in [2.75, 3.05) is 0 Å². The fraction of sp³-hybridized carbons (Fsp3) is 0.438. The average Bonchev–Trinajstić information content (AvgIpc) is 2.78. The lowest BCUT2D eigenvalue weighted by atomic mass is 10.0. The number of fused-ring (bicyclic) bond motifs is 1. The first-order valence-corrected chi connectivity index (χ1v) is 7.08. The van der Waals surface area contributed by atoms with Gasteiger partial charge in [0.05, 0.1) is 17.1 Å². The molecule has 0 saturated heterocycles. The van der Waals surface area contributed by atoms with Gasteiger partial charge in [0, 0.05) is 13.1 Å². The highest BCUT2D eigenvalue weighted by molar-refractivity contribution is 5.75. The van der Waals surface area contributed by atoms with E-state index in [1.807, 2.05) is 6.07 Å². The molecule has 3 rings (SSSR count). The summed E-state index contributed by atoms with van der Waals surface area (Å²) in [6.07, 6.45) is 8.10. The van der Waals surface area contributed by atoms with E-state index in [2.05, 4.69) is 54.2 Å². The Balaban J connectivity index is 1.82. The van der Waals surface area contributed by atoms with Gasteiger partial charge in [0.1, 0.15) is 5.82 Å². The van der Waals surface area contributed by atoms with Crippen molar-refractivity contribution in [2.24, 2.45) is 7.05 Å². The zero-order valence-corrected chi connectivity index (χ0v) is 11.6. The third-order valence-corrected chi connectivity index (χ3v) is 3.96. The molecular weight excluding hydrogens is 234 g/mol. The first-order chi connectivity index (χ1) is 9.25. The van der Waals surface area contributed by atoms with Crippen LogP contribution < -0.4 is 5.32 Å². The lowest BCUT2D eigenvalue weighted by Crippen LogP contribution is -2.33. The molecule has 0 spiro atoms. The van der Waals surface area contributed by atoms with Crippen LogP contribution in [0.1, 0.15) is 38.1 Å². The van der Waals surface area contributed by atoms with Gasteiger partial charge in [-0.1, -0.05) is 24.3 Å². The molecule has 0 amide bonds. The van der Waals surface area contributed by atoms with Crippen LogP contribution in [0.15, 0.2) is 36.4 Å². The van der Waals surface area contributed by atoms with Gasteiger partial charge in [-0.05, 0) is 38.3 Å². The maximum Gasteiger partial charge on any atom is 0.126 e. The number of rotatable bonds is 3. The number of benzene rings is 1. The number of imidazole rings is 1. The van der Waals surface area contributed by atoms with Crippen molar-refractivity contribution < 1.29 is 0 Å². The maximum absolute atomic E-state index is 4.76. The molecule has 0 fully saturated rings. The Hall–Kier alpha value is -1.61. The van der Waals surface area contributed by atoms with Gasteiger partial charge in [-0.25, -0.2) is 4.98 Å². The van der Waals surface area contributed by atoms with E-state index in [4.69, 9.17) is 4.98 Å². The van der Waals surface area contributed by atoms with Gasteiger partial charge in [-0.3, -0.25) is 0 Å². The standard InChI is InChI=1S/C16H21N3/c1-12(17-13-8-4-3-5-9-13)16-18-14-10-6-7-11-15(14)19(16)2/h3-4,6-7,10-13,17H,5,8-9H2,1-2H3. The van der Waals surface area contributed by atoms with Gasteiger partial charge in [0.2, 0.25) is 0 Å². The second kappa shape index (κ2) is 5.17. The summed E-state index contributed by atoms with van der Waals surface area (Å²) in [6, 6.07) is 9.19. The van der Waals surface area contributed by atoms with E-state index in [9.17, 15) is 0 Å². The van der Waals surface area contributed by atoms with E-state index >= 15 is 0 Å². The molecule has 2 atom stereocenters. The fourth-order valence-electron chi connectivity index (χ4n) is 2.92. The van der Waals surface area contributed by atoms with Crippen molar-refractivity contribution in [1.29, 1.82) is 0 Å². The second-order valence-corrected chi connectivity index (χ2v) is 5.39. The normalized spacial score (nSPS) is 20.8. The Morgan fingerprint density at radius 2 is 2.16 bits per heavy atom. The molecule has 1 N–H and O–H groups in total. The van der Waals surface area contributed by atoms with E-state index in [1.54, 1.807) is 0 Å². The number of aromatic nitrogens is 2. The van der Waals surface area contributed by atoms with Crippen LogP contribution in [0.25, 0.3) is 11.0 Å². The Morgan fingerprint density at radius 3 is 2.89 bits per heavy atom. The molecule has 0 saturated carbocycles. The highest BCUT2D eigenvalue weighted by Crippen LogP contribution is 2.21. The first-order valence-electron chi connectivity index (χ1n) is 7.08. The number of hydrogen-bond acceptors (Lipinski definition) is 2. The molecule has 1 aliphatic carbocycles. The maximum atomic E-state index is 4.76. The molecular formula is C16H21N3. The van der Waals surface area contributed by atoms with E-state index < -0.39 is 0 Å². The van der Waals surface area contributed by atoms with Crippen molar-refractivity contribution in [2.45, 2.75) is 38.3 Å². The molecule has 3 nitrogen and oxygen atoms in total. The van der Waals surface area contributed by atoms with Crippen molar-refractivity contribution >= 4 is 11.0 Å². The summed E-state index contributed by atoms with van der Waals surface area (Å²) in [7, 11) is 2.10. The molecule has 0 aliphatic heterocycles. The van der Waals surface area contributed by atoms with Gasteiger partial charge in [-0.15, -0.1) is 0 Å². The largest absolute Gasteiger partial charge is 0.330 e. The number of hydrogen-bond donors (Lipinski definition) is 1. The highest BCUT2D eigenvalue weighted by Gasteiger charge is 2.18. The number of nitrogens with one attached hydrogen (secondary N) is 1. The van der Waals surface area contributed by atoms with Crippen LogP contribution >= 0.6 is 0 Å². The predicted octanol–water partition coefficient (Wildman–Crippen LogP) is 3.33. The topological polar surface area (TPSA) is 29.9 Å². The highest BCUT2D eigenvalue weighted by atomic mass is 15.1. The fourth-order valence-corrected chi connectivity index (χ4v) is 2.92. The molecule has 1 heterocycles. The van der Waals surface area contributed by atoms with E-state index in [0.717, 1.165) is 17.8 Å². The Labute approximate surface area is 114 Å². The first kappa shape index (κ1) is 12.4. The Morgan fingerprint density at radius 1 is 1.32 bits per heavy atom. The minimum Gasteiger partial charge on any atom is -0.330 e. The third kappa shape index (κ3) is 2.43. The summed E-state index contributed by atoms with van der Waals surface area (Å²) in [4.78, 5) is 4.76. The second-order valence-electron chi connectivity index (χ2n) is 5.39. The van der Waals surface area contributed by atoms with Crippen molar-refractivity contribution in [3.8, 4) is 0 Å². The monoisotopic (exact) mass is 255 g/mol. The molecule has 0 bridgehead atoms. The third-order valence-electron chi connectivity index (χ3n) is 3.96. The van der Waals surface area contributed by atoms with Crippen molar-refractivity contribution in [3.05, 3.63) is 42.2 Å². The van der Waals surface area contributed by atoms with E-state index in [-0.39, 0.29) is 6.04 Å². The summed E-state index contributed by atoms with van der Waals surface area (Å²) in [5, 5.41) is 3.70. The van der Waals surface area contributed by atoms with Gasteiger partial charge in [-0.2, -0.15) is 0 Å². The smallest absolute Gasteiger partial charge is 0.126 e. The van der Waals surface area contributed by atoms with E-state index in [0.29, 0.717) is 6.04 Å². The Kier molecular flexibility index (Phi) is 3.38. The van der Waals surface area contributed by atoms with Gasteiger partial charge in [0.15, 0.2) is 0 Å². The predicted molar refractivity (Wildman–Crippen MR) is 79.0 cm³/mol. The van der Waals surface area contributed by atoms with Gasteiger partial charge in [0.25, 0.3) is 0 Å². The molecule has 100 valence electrons. The summed E-state index contributed by atoms with van der Waals surface area (Å²) in [5.74, 6) is 1.12. The van der Waals surface area contributed by atoms with Crippen molar-refractivity contribution in [1.82, 2.24) is 14.9 Å². The number of para-hydroxylation sites is 2. The molecule has 2 unspecified atom stereocenters. The molecule has 0 radical (unpaired) electrons. The number of aryl methyl sites for hydroxylation is 1. The minimum absolute atomic E-state index is 0.286. The number of allylic oxidation sites excluding steroid dienone is 1. The summed E-state index contributed by atoms with van der Waals surface area (Å²) in [6.45, 7) is 2.21. The summed E-state index contributed by atoms with van der Waals surface area (Å²) in [5.41, 5.74) is 2.28. The van der Waals surface area contributed by atoms with Crippen LogP contribution in [0.5, 0.6) is 0 Å². The van der Waals surface area contributed by atoms with Gasteiger partial charge < -0.3 is 9.88 Å². The lowest BCUT2D eigenvalue weighted by Gasteiger charge is -2.23. The molecule has 3 heteroatoms. The molecule has 19 heavy (non-hydrogen) atoms. The SMILES string of the molecule is CC(NC1CC=CCC1)c1nc2ccccc2n1C. The molecule has 1 aromatic carbocycles. The molecule has 1 aliphatic rings. The minimum atomic E-state index is 0.286.